The average molecular weight is 187 g/mol. The number of halogens is 1. The quantitative estimate of drug-likeness (QED) is 0.666. The summed E-state index contributed by atoms with van der Waals surface area (Å²) in [5, 5.41) is 1.81. The maximum absolute atomic E-state index is 12.9. The topological polar surface area (TPSA) is 12.9 Å². The van der Waals surface area contributed by atoms with Gasteiger partial charge in [-0.1, -0.05) is 12.6 Å². The zero-order chi connectivity index (χ0) is 10.1. The summed E-state index contributed by atoms with van der Waals surface area (Å²) >= 11 is 0. The molecule has 0 saturated carbocycles. The van der Waals surface area contributed by atoms with Crippen molar-refractivity contribution < 1.29 is 4.39 Å². The van der Waals surface area contributed by atoms with Crippen LogP contribution < -0.4 is 0 Å². The molecule has 2 heteroatoms. The third kappa shape index (κ3) is 1.39. The first kappa shape index (κ1) is 8.88. The van der Waals surface area contributed by atoms with E-state index in [0.29, 0.717) is 0 Å². The van der Waals surface area contributed by atoms with Crippen molar-refractivity contribution in [2.45, 2.75) is 6.92 Å². The predicted octanol–water partition coefficient (Wildman–Crippen LogP) is 3.41. The molecule has 1 heterocycles. The first-order valence-electron chi connectivity index (χ1n) is 4.37. The van der Waals surface area contributed by atoms with E-state index in [4.69, 9.17) is 0 Å². The number of allylic oxidation sites excluding steroid dienone is 1. The van der Waals surface area contributed by atoms with Crippen LogP contribution in [-0.2, 0) is 0 Å². The second-order valence-electron chi connectivity index (χ2n) is 3.33. The van der Waals surface area contributed by atoms with Crippen molar-refractivity contribution >= 4 is 16.3 Å². The highest BCUT2D eigenvalue weighted by Gasteiger charge is 2.02. The van der Waals surface area contributed by atoms with Gasteiger partial charge in [0, 0.05) is 23.3 Å². The number of rotatable bonds is 1. The molecule has 0 amide bonds. The van der Waals surface area contributed by atoms with Gasteiger partial charge in [0.2, 0.25) is 0 Å². The summed E-state index contributed by atoms with van der Waals surface area (Å²) in [6.07, 6.45) is 3.41. The zero-order valence-electron chi connectivity index (χ0n) is 7.92. The minimum atomic E-state index is -0.238. The van der Waals surface area contributed by atoms with Crippen LogP contribution in [0.2, 0.25) is 0 Å². The minimum absolute atomic E-state index is 0.238. The summed E-state index contributed by atoms with van der Waals surface area (Å²) < 4.78 is 12.9. The Labute approximate surface area is 81.9 Å². The largest absolute Gasteiger partial charge is 0.263 e. The number of hydrogen-bond acceptors (Lipinski definition) is 1. The van der Waals surface area contributed by atoms with Crippen molar-refractivity contribution in [1.82, 2.24) is 4.98 Å². The van der Waals surface area contributed by atoms with Crippen molar-refractivity contribution in [3.8, 4) is 0 Å². The van der Waals surface area contributed by atoms with Crippen LogP contribution in [0.3, 0.4) is 0 Å². The van der Waals surface area contributed by atoms with E-state index in [9.17, 15) is 4.39 Å². The van der Waals surface area contributed by atoms with Crippen LogP contribution in [0.15, 0.2) is 37.2 Å². The fourth-order valence-electron chi connectivity index (χ4n) is 1.49. The van der Waals surface area contributed by atoms with Gasteiger partial charge in [-0.2, -0.15) is 0 Å². The second-order valence-corrected chi connectivity index (χ2v) is 3.33. The van der Waals surface area contributed by atoms with Gasteiger partial charge >= 0.3 is 0 Å². The van der Waals surface area contributed by atoms with Gasteiger partial charge in [0.1, 0.15) is 5.82 Å². The zero-order valence-corrected chi connectivity index (χ0v) is 7.92. The van der Waals surface area contributed by atoms with Crippen LogP contribution >= 0.6 is 0 Å². The molecule has 0 spiro atoms. The normalized spacial score (nSPS) is 10.4. The van der Waals surface area contributed by atoms with Gasteiger partial charge in [-0.15, -0.1) is 0 Å². The highest BCUT2D eigenvalue weighted by atomic mass is 19.1. The van der Waals surface area contributed by atoms with E-state index in [2.05, 4.69) is 11.6 Å². The van der Waals surface area contributed by atoms with Gasteiger partial charge in [-0.3, -0.25) is 4.98 Å². The Morgan fingerprint density at radius 2 is 2.14 bits per heavy atom. The number of hydrogen-bond donors (Lipinski definition) is 0. The Balaban J connectivity index is 2.81. The van der Waals surface area contributed by atoms with Crippen molar-refractivity contribution in [3.63, 3.8) is 0 Å². The fraction of sp³-hybridized carbons (Fsp3) is 0.0833. The van der Waals surface area contributed by atoms with E-state index in [1.54, 1.807) is 18.5 Å². The van der Waals surface area contributed by atoms with Crippen molar-refractivity contribution in [2.24, 2.45) is 0 Å². The van der Waals surface area contributed by atoms with Gasteiger partial charge in [-0.05, 0) is 30.0 Å². The van der Waals surface area contributed by atoms with Gasteiger partial charge in [0.05, 0.1) is 0 Å². The molecule has 0 aliphatic rings. The van der Waals surface area contributed by atoms with Crippen LogP contribution in [0.4, 0.5) is 4.39 Å². The van der Waals surface area contributed by atoms with E-state index < -0.39 is 0 Å². The number of benzene rings is 1. The molecule has 2 rings (SSSR count). The molecule has 1 nitrogen and oxygen atoms in total. The lowest BCUT2D eigenvalue weighted by Gasteiger charge is -2.04. The van der Waals surface area contributed by atoms with Gasteiger partial charge in [0.25, 0.3) is 0 Å². The smallest absolute Gasteiger partial charge is 0.123 e. The predicted molar refractivity (Wildman–Crippen MR) is 56.4 cm³/mol. The Morgan fingerprint density at radius 3 is 2.86 bits per heavy atom. The molecular formula is C12H10FN. The summed E-state index contributed by atoms with van der Waals surface area (Å²) in [6.45, 7) is 5.78. The highest BCUT2D eigenvalue weighted by molar-refractivity contribution is 5.92. The van der Waals surface area contributed by atoms with Gasteiger partial charge < -0.3 is 0 Å². The third-order valence-electron chi connectivity index (χ3n) is 2.18. The number of aromatic nitrogens is 1. The summed E-state index contributed by atoms with van der Waals surface area (Å²) in [5.74, 6) is -0.238. The van der Waals surface area contributed by atoms with Crippen molar-refractivity contribution in [1.29, 1.82) is 0 Å². The Hall–Kier alpha value is -1.70. The SMILES string of the molecule is C=C(C)c1cncc2cc(F)ccc12. The van der Waals surface area contributed by atoms with E-state index in [-0.39, 0.29) is 5.82 Å². The number of nitrogens with zero attached hydrogens (tertiary/aromatic N) is 1. The van der Waals surface area contributed by atoms with E-state index >= 15 is 0 Å². The molecule has 0 aliphatic heterocycles. The number of fused-ring (bicyclic) bond motifs is 1. The molecule has 2 aromatic rings. The molecule has 0 unspecified atom stereocenters. The van der Waals surface area contributed by atoms with Gasteiger partial charge in [0.15, 0.2) is 0 Å². The van der Waals surface area contributed by atoms with Crippen LogP contribution in [0.1, 0.15) is 12.5 Å². The maximum Gasteiger partial charge on any atom is 0.123 e. The van der Waals surface area contributed by atoms with Crippen LogP contribution in [0.5, 0.6) is 0 Å². The third-order valence-corrected chi connectivity index (χ3v) is 2.18. The molecule has 0 radical (unpaired) electrons. The summed E-state index contributed by atoms with van der Waals surface area (Å²) in [4.78, 5) is 4.05. The molecule has 0 N–H and O–H groups in total. The first-order valence-corrected chi connectivity index (χ1v) is 4.37. The van der Waals surface area contributed by atoms with Crippen LogP contribution in [-0.4, -0.2) is 4.98 Å². The highest BCUT2D eigenvalue weighted by Crippen LogP contribution is 2.23. The lowest BCUT2D eigenvalue weighted by molar-refractivity contribution is 0.629. The average Bonchev–Trinajstić information content (AvgIpc) is 2.16. The fourth-order valence-corrected chi connectivity index (χ4v) is 1.49. The second kappa shape index (κ2) is 3.22. The molecule has 0 fully saturated rings. The molecule has 0 atom stereocenters. The summed E-state index contributed by atoms with van der Waals surface area (Å²) in [5.41, 5.74) is 1.91. The Morgan fingerprint density at radius 1 is 1.36 bits per heavy atom. The van der Waals surface area contributed by atoms with Crippen molar-refractivity contribution in [3.05, 3.63) is 48.6 Å². The molecule has 0 saturated heterocycles. The molecule has 1 aromatic heterocycles. The van der Waals surface area contributed by atoms with E-state index in [1.165, 1.54) is 12.1 Å². The number of pyridine rings is 1. The minimum Gasteiger partial charge on any atom is -0.263 e. The molecule has 70 valence electrons. The Bertz CT molecular complexity index is 503. The molecule has 0 bridgehead atoms. The molecule has 1 aromatic carbocycles. The summed E-state index contributed by atoms with van der Waals surface area (Å²) in [7, 11) is 0. The van der Waals surface area contributed by atoms with Crippen LogP contribution in [0, 0.1) is 5.82 Å². The monoisotopic (exact) mass is 187 g/mol. The van der Waals surface area contributed by atoms with E-state index in [0.717, 1.165) is 21.9 Å². The molecule has 14 heavy (non-hydrogen) atoms. The first-order chi connectivity index (χ1) is 6.68. The molecule has 0 aliphatic carbocycles. The van der Waals surface area contributed by atoms with Crippen molar-refractivity contribution in [2.75, 3.05) is 0 Å². The Kier molecular flexibility index (Phi) is 2.04. The van der Waals surface area contributed by atoms with Crippen LogP contribution in [0.25, 0.3) is 16.3 Å². The molecular weight excluding hydrogens is 177 g/mol. The van der Waals surface area contributed by atoms with Gasteiger partial charge in [-0.25, -0.2) is 4.39 Å². The summed E-state index contributed by atoms with van der Waals surface area (Å²) in [6, 6.07) is 4.69. The van der Waals surface area contributed by atoms with E-state index in [1.807, 2.05) is 6.92 Å². The lowest BCUT2D eigenvalue weighted by Crippen LogP contribution is -1.85. The standard InChI is InChI=1S/C12H10FN/c1-8(2)12-7-14-6-9-5-10(13)3-4-11(9)12/h3-7H,1H2,2H3. The lowest BCUT2D eigenvalue weighted by atomic mass is 10.0. The maximum atomic E-state index is 12.9.